The van der Waals surface area contributed by atoms with E-state index in [0.717, 1.165) is 46.7 Å². The van der Waals surface area contributed by atoms with Crippen molar-refractivity contribution in [3.8, 4) is 0 Å². The van der Waals surface area contributed by atoms with Gasteiger partial charge in [0.1, 0.15) is 9.75 Å². The van der Waals surface area contributed by atoms with E-state index in [9.17, 15) is 9.59 Å². The first kappa shape index (κ1) is 24.8. The maximum absolute atomic E-state index is 12.7. The normalized spacial score (nSPS) is 11.6. The quantitative estimate of drug-likeness (QED) is 0.421. The van der Waals surface area contributed by atoms with E-state index < -0.39 is 0 Å². The van der Waals surface area contributed by atoms with Crippen LogP contribution in [0, 0.1) is 0 Å². The maximum atomic E-state index is 12.7. The Hall–Kier alpha value is -1.48. The summed E-state index contributed by atoms with van der Waals surface area (Å²) < 4.78 is 11.7. The van der Waals surface area contributed by atoms with Crippen molar-refractivity contribution in [3.05, 3.63) is 20.9 Å². The highest BCUT2D eigenvalue weighted by atomic mass is 32.2. The Bertz CT molecular complexity index is 786. The number of carbonyl (C=O) groups is 2. The number of carbonyl (C=O) groups excluding carboxylic acids is 2. The van der Waals surface area contributed by atoms with Gasteiger partial charge in [-0.2, -0.15) is 0 Å². The minimum absolute atomic E-state index is 0.278. The molecule has 2 aromatic heterocycles. The molecule has 2 aromatic rings. The summed E-state index contributed by atoms with van der Waals surface area (Å²) in [5.41, 5.74) is 1.96. The van der Waals surface area contributed by atoms with Crippen LogP contribution in [0.3, 0.4) is 0 Å². The molecular weight excluding hydrogens is 420 g/mol. The minimum Gasteiger partial charge on any atom is -0.462 e. The Kier molecular flexibility index (Phi) is 9.74. The molecule has 0 aliphatic rings. The first-order valence-electron chi connectivity index (χ1n) is 10.8. The molecule has 0 aliphatic heterocycles. The largest absolute Gasteiger partial charge is 0.462 e. The molecule has 2 heterocycles. The van der Waals surface area contributed by atoms with Crippen LogP contribution in [-0.2, 0) is 22.6 Å². The molecule has 0 aromatic carbocycles. The van der Waals surface area contributed by atoms with E-state index in [0.29, 0.717) is 36.1 Å². The molecular formula is C22H34N2O4S2. The molecule has 2 rings (SSSR count). The molecule has 0 aliphatic carbocycles. The van der Waals surface area contributed by atoms with Gasteiger partial charge >= 0.3 is 11.9 Å². The molecule has 0 unspecified atom stereocenters. The van der Waals surface area contributed by atoms with Crippen LogP contribution in [-0.4, -0.2) is 61.1 Å². The monoisotopic (exact) mass is 454 g/mol. The van der Waals surface area contributed by atoms with Crippen molar-refractivity contribution in [1.82, 2.24) is 9.80 Å². The zero-order valence-electron chi connectivity index (χ0n) is 19.0. The van der Waals surface area contributed by atoms with E-state index in [1.165, 1.54) is 22.7 Å². The second-order valence-corrected chi connectivity index (χ2v) is 9.15. The summed E-state index contributed by atoms with van der Waals surface area (Å²) in [6.07, 6.45) is 0. The second-order valence-electron chi connectivity index (χ2n) is 6.85. The Balaban J connectivity index is 2.72. The van der Waals surface area contributed by atoms with Crippen molar-refractivity contribution in [2.45, 2.75) is 54.6 Å². The summed E-state index contributed by atoms with van der Waals surface area (Å²) in [5.74, 6) is -0.556. The lowest BCUT2D eigenvalue weighted by molar-refractivity contribution is 0.0521. The fourth-order valence-electron chi connectivity index (χ4n) is 3.45. The maximum Gasteiger partial charge on any atom is 0.348 e. The third kappa shape index (κ3) is 5.41. The lowest BCUT2D eigenvalue weighted by Crippen LogP contribution is -2.25. The molecule has 168 valence electrons. The van der Waals surface area contributed by atoms with Gasteiger partial charge in [-0.05, 0) is 40.0 Å². The standard InChI is InChI=1S/C22H34N2O4S2/c1-7-23(8-2)13-15-17-16(14-24(9-3)10-4)19(21(26)28-12-6)30-22(17)29-18(15)20(25)27-11-5/h7-14H2,1-6H3. The highest BCUT2D eigenvalue weighted by Crippen LogP contribution is 2.43. The van der Waals surface area contributed by atoms with E-state index in [2.05, 4.69) is 37.5 Å². The van der Waals surface area contributed by atoms with Crippen LogP contribution in [0.15, 0.2) is 0 Å². The first-order valence-corrected chi connectivity index (χ1v) is 12.4. The molecule has 0 radical (unpaired) electrons. The molecule has 0 spiro atoms. The predicted octanol–water partition coefficient (Wildman–Crippen LogP) is 5.00. The van der Waals surface area contributed by atoms with Gasteiger partial charge in [-0.25, -0.2) is 9.59 Å². The third-order valence-electron chi connectivity index (χ3n) is 5.22. The van der Waals surface area contributed by atoms with Gasteiger partial charge in [-0.15, -0.1) is 22.7 Å². The average molecular weight is 455 g/mol. The smallest absolute Gasteiger partial charge is 0.348 e. The van der Waals surface area contributed by atoms with Gasteiger partial charge in [-0.1, -0.05) is 27.7 Å². The highest BCUT2D eigenvalue weighted by molar-refractivity contribution is 7.40. The molecule has 8 heteroatoms. The van der Waals surface area contributed by atoms with Gasteiger partial charge in [0.25, 0.3) is 0 Å². The van der Waals surface area contributed by atoms with Crippen molar-refractivity contribution in [1.29, 1.82) is 0 Å². The SMILES string of the molecule is CCOC(=O)c1sc2sc(C(=O)OCC)c(CN(CC)CC)c2c1CN(CC)CC. The molecule has 0 N–H and O–H groups in total. The zero-order valence-corrected chi connectivity index (χ0v) is 20.6. The molecule has 0 saturated heterocycles. The molecule has 0 saturated carbocycles. The average Bonchev–Trinajstić information content (AvgIpc) is 3.27. The first-order chi connectivity index (χ1) is 14.4. The Morgan fingerprint density at radius 2 is 1.07 bits per heavy atom. The van der Waals surface area contributed by atoms with Gasteiger partial charge in [-0.3, -0.25) is 9.80 Å². The van der Waals surface area contributed by atoms with Crippen molar-refractivity contribution in [3.63, 3.8) is 0 Å². The van der Waals surface area contributed by atoms with Crippen molar-refractivity contribution in [2.75, 3.05) is 39.4 Å². The van der Waals surface area contributed by atoms with Gasteiger partial charge in [0.2, 0.25) is 0 Å². The van der Waals surface area contributed by atoms with Gasteiger partial charge in [0.05, 0.1) is 17.2 Å². The van der Waals surface area contributed by atoms with E-state index >= 15 is 0 Å². The Morgan fingerprint density at radius 3 is 1.37 bits per heavy atom. The molecule has 0 amide bonds. The fraction of sp³-hybridized carbons (Fsp3) is 0.636. The molecule has 0 atom stereocenters. The number of rotatable bonds is 12. The molecule has 30 heavy (non-hydrogen) atoms. The minimum atomic E-state index is -0.278. The van der Waals surface area contributed by atoms with Crippen molar-refractivity contribution < 1.29 is 19.1 Å². The van der Waals surface area contributed by atoms with E-state index in [1.54, 1.807) is 0 Å². The highest BCUT2D eigenvalue weighted by Gasteiger charge is 2.29. The van der Waals surface area contributed by atoms with E-state index in [4.69, 9.17) is 9.47 Å². The lowest BCUT2D eigenvalue weighted by atomic mass is 10.1. The van der Waals surface area contributed by atoms with Crippen LogP contribution < -0.4 is 0 Å². The Labute approximate surface area is 187 Å². The number of esters is 2. The summed E-state index contributed by atoms with van der Waals surface area (Å²) in [5, 5.41) is 1.04. The van der Waals surface area contributed by atoms with E-state index in [-0.39, 0.29) is 11.9 Å². The number of thiophene rings is 2. The summed E-state index contributed by atoms with van der Waals surface area (Å²) in [4.78, 5) is 31.3. The Morgan fingerprint density at radius 1 is 0.700 bits per heavy atom. The summed E-state index contributed by atoms with van der Waals surface area (Å²) in [6, 6.07) is 0. The topological polar surface area (TPSA) is 59.1 Å². The van der Waals surface area contributed by atoms with Crippen molar-refractivity contribution >= 4 is 44.0 Å². The third-order valence-corrected chi connectivity index (χ3v) is 7.73. The number of hydrogen-bond donors (Lipinski definition) is 0. The number of ether oxygens (including phenoxy) is 2. The summed E-state index contributed by atoms with van der Waals surface area (Å²) >= 11 is 2.88. The van der Waals surface area contributed by atoms with Crippen LogP contribution >= 0.6 is 22.7 Å². The number of nitrogens with zero attached hydrogens (tertiary/aromatic N) is 2. The molecule has 6 nitrogen and oxygen atoms in total. The zero-order chi connectivity index (χ0) is 22.3. The van der Waals surface area contributed by atoms with Crippen molar-refractivity contribution in [2.24, 2.45) is 0 Å². The van der Waals surface area contributed by atoms with Gasteiger partial charge in [0, 0.05) is 29.6 Å². The van der Waals surface area contributed by atoms with Crippen LogP contribution in [0.4, 0.5) is 0 Å². The lowest BCUT2D eigenvalue weighted by Gasteiger charge is -2.21. The predicted molar refractivity (Wildman–Crippen MR) is 125 cm³/mol. The van der Waals surface area contributed by atoms with Crippen LogP contribution in [0.2, 0.25) is 0 Å². The number of fused-ring (bicyclic) bond motifs is 1. The fourth-order valence-corrected chi connectivity index (χ4v) is 6.05. The van der Waals surface area contributed by atoms with E-state index in [1.807, 2.05) is 13.8 Å². The van der Waals surface area contributed by atoms with Crippen LogP contribution in [0.5, 0.6) is 0 Å². The van der Waals surface area contributed by atoms with Gasteiger partial charge < -0.3 is 9.47 Å². The number of hydrogen-bond acceptors (Lipinski definition) is 8. The molecule has 0 fully saturated rings. The van der Waals surface area contributed by atoms with Crippen LogP contribution in [0.1, 0.15) is 72.0 Å². The molecule has 0 bridgehead atoms. The van der Waals surface area contributed by atoms with Crippen LogP contribution in [0.25, 0.3) is 9.40 Å². The summed E-state index contributed by atoms with van der Waals surface area (Å²) in [7, 11) is 0. The van der Waals surface area contributed by atoms with Gasteiger partial charge in [0.15, 0.2) is 0 Å². The second kappa shape index (κ2) is 11.8. The summed E-state index contributed by atoms with van der Waals surface area (Å²) in [6.45, 7) is 17.7.